The highest BCUT2D eigenvalue weighted by Gasteiger charge is 2.06. The van der Waals surface area contributed by atoms with Gasteiger partial charge in [0.05, 0.1) is 7.11 Å². The Morgan fingerprint density at radius 3 is 2.58 bits per heavy atom. The Kier molecular flexibility index (Phi) is 4.53. The minimum atomic E-state index is 0.297. The lowest BCUT2D eigenvalue weighted by Crippen LogP contribution is -2.18. The van der Waals surface area contributed by atoms with E-state index in [2.05, 4.69) is 36.3 Å². The van der Waals surface area contributed by atoms with E-state index in [4.69, 9.17) is 4.74 Å². The quantitative estimate of drug-likeness (QED) is 0.891. The van der Waals surface area contributed by atoms with Crippen molar-refractivity contribution < 1.29 is 4.74 Å². The van der Waals surface area contributed by atoms with E-state index in [0.29, 0.717) is 6.04 Å². The summed E-state index contributed by atoms with van der Waals surface area (Å²) in [5.74, 6) is 0.888. The van der Waals surface area contributed by atoms with Crippen LogP contribution in [0.3, 0.4) is 0 Å². The molecule has 1 N–H and O–H groups in total. The van der Waals surface area contributed by atoms with Crippen molar-refractivity contribution in [3.63, 3.8) is 0 Å². The van der Waals surface area contributed by atoms with Crippen LogP contribution in [0.1, 0.15) is 29.7 Å². The molecule has 0 aliphatic carbocycles. The largest absolute Gasteiger partial charge is 0.497 e. The Bertz CT molecular complexity index is 523. The lowest BCUT2D eigenvalue weighted by molar-refractivity contribution is 0.414. The molecule has 1 aromatic carbocycles. The van der Waals surface area contributed by atoms with Gasteiger partial charge in [-0.3, -0.25) is 4.98 Å². The summed E-state index contributed by atoms with van der Waals surface area (Å²) in [7, 11) is 1.68. The topological polar surface area (TPSA) is 34.1 Å². The van der Waals surface area contributed by atoms with Gasteiger partial charge < -0.3 is 10.1 Å². The van der Waals surface area contributed by atoms with Gasteiger partial charge >= 0.3 is 0 Å². The monoisotopic (exact) mass is 256 g/mol. The second-order valence-electron chi connectivity index (χ2n) is 4.68. The summed E-state index contributed by atoms with van der Waals surface area (Å²) < 4.78 is 5.17. The van der Waals surface area contributed by atoms with Crippen molar-refractivity contribution in [2.24, 2.45) is 0 Å². The summed E-state index contributed by atoms with van der Waals surface area (Å²) >= 11 is 0. The van der Waals surface area contributed by atoms with E-state index >= 15 is 0 Å². The predicted molar refractivity (Wildman–Crippen MR) is 77.2 cm³/mol. The predicted octanol–water partition coefficient (Wildman–Crippen LogP) is 3.25. The fourth-order valence-corrected chi connectivity index (χ4v) is 1.96. The molecule has 0 aliphatic heterocycles. The average molecular weight is 256 g/mol. The summed E-state index contributed by atoms with van der Waals surface area (Å²) in [6.07, 6.45) is 3.74. The van der Waals surface area contributed by atoms with Crippen molar-refractivity contribution in [3.05, 3.63) is 59.4 Å². The van der Waals surface area contributed by atoms with Crippen LogP contribution in [0.4, 0.5) is 0 Å². The normalized spacial score (nSPS) is 12.2. The first kappa shape index (κ1) is 13.6. The number of hydrogen-bond donors (Lipinski definition) is 1. The number of hydrogen-bond acceptors (Lipinski definition) is 3. The lowest BCUT2D eigenvalue weighted by atomic mass is 10.1. The highest BCUT2D eigenvalue weighted by molar-refractivity contribution is 5.29. The third-order valence-corrected chi connectivity index (χ3v) is 3.36. The number of benzene rings is 1. The zero-order chi connectivity index (χ0) is 13.7. The molecule has 1 atom stereocenters. The van der Waals surface area contributed by atoms with Gasteiger partial charge in [0.25, 0.3) is 0 Å². The molecule has 2 aromatic rings. The SMILES string of the molecule is COc1ccc([C@H](C)NCc2cnccc2C)cc1. The number of nitrogens with one attached hydrogen (secondary N) is 1. The second-order valence-corrected chi connectivity index (χ2v) is 4.68. The molecule has 1 heterocycles. The van der Waals surface area contributed by atoms with E-state index < -0.39 is 0 Å². The average Bonchev–Trinajstić information content (AvgIpc) is 2.46. The summed E-state index contributed by atoms with van der Waals surface area (Å²) in [5, 5.41) is 3.51. The molecule has 2 rings (SSSR count). The van der Waals surface area contributed by atoms with Crippen LogP contribution in [0.2, 0.25) is 0 Å². The molecular formula is C16H20N2O. The standard InChI is InChI=1S/C16H20N2O/c1-12-8-9-17-10-15(12)11-18-13(2)14-4-6-16(19-3)7-5-14/h4-10,13,18H,11H2,1-3H3/t13-/m0/s1. The number of aryl methyl sites for hydroxylation is 1. The first-order valence-corrected chi connectivity index (χ1v) is 6.47. The van der Waals surface area contributed by atoms with Gasteiger partial charge in [-0.1, -0.05) is 12.1 Å². The van der Waals surface area contributed by atoms with Crippen LogP contribution >= 0.6 is 0 Å². The maximum absolute atomic E-state index is 5.17. The fraction of sp³-hybridized carbons (Fsp3) is 0.312. The minimum Gasteiger partial charge on any atom is -0.497 e. The van der Waals surface area contributed by atoms with Crippen molar-refractivity contribution in [1.29, 1.82) is 0 Å². The number of rotatable bonds is 5. The van der Waals surface area contributed by atoms with Crippen LogP contribution in [0.25, 0.3) is 0 Å². The molecule has 0 radical (unpaired) electrons. The molecule has 0 amide bonds. The summed E-state index contributed by atoms with van der Waals surface area (Å²) in [6.45, 7) is 5.09. The Hall–Kier alpha value is -1.87. The van der Waals surface area contributed by atoms with Crippen LogP contribution in [0, 0.1) is 6.92 Å². The van der Waals surface area contributed by atoms with Crippen molar-refractivity contribution in [1.82, 2.24) is 10.3 Å². The molecule has 1 aromatic heterocycles. The molecular weight excluding hydrogens is 236 g/mol. The Labute approximate surface area is 114 Å². The third kappa shape index (κ3) is 3.55. The fourth-order valence-electron chi connectivity index (χ4n) is 1.96. The Balaban J connectivity index is 1.97. The van der Waals surface area contributed by atoms with Crippen LogP contribution in [-0.2, 0) is 6.54 Å². The molecule has 0 fully saturated rings. The smallest absolute Gasteiger partial charge is 0.118 e. The van der Waals surface area contributed by atoms with Gasteiger partial charge in [-0.15, -0.1) is 0 Å². The summed E-state index contributed by atoms with van der Waals surface area (Å²) in [6, 6.07) is 10.5. The van der Waals surface area contributed by atoms with Gasteiger partial charge in [0.1, 0.15) is 5.75 Å². The third-order valence-electron chi connectivity index (χ3n) is 3.36. The van der Waals surface area contributed by atoms with Gasteiger partial charge in [-0.25, -0.2) is 0 Å². The summed E-state index contributed by atoms with van der Waals surface area (Å²) in [4.78, 5) is 4.16. The van der Waals surface area contributed by atoms with Crippen molar-refractivity contribution >= 4 is 0 Å². The maximum atomic E-state index is 5.17. The number of ether oxygens (including phenoxy) is 1. The van der Waals surface area contributed by atoms with Gasteiger partial charge in [0, 0.05) is 25.0 Å². The highest BCUT2D eigenvalue weighted by atomic mass is 16.5. The van der Waals surface area contributed by atoms with Gasteiger partial charge in [0.2, 0.25) is 0 Å². The molecule has 0 saturated carbocycles. The Morgan fingerprint density at radius 1 is 1.21 bits per heavy atom. The molecule has 100 valence electrons. The van der Waals surface area contributed by atoms with Gasteiger partial charge in [-0.05, 0) is 48.7 Å². The van der Waals surface area contributed by atoms with E-state index in [-0.39, 0.29) is 0 Å². The van der Waals surface area contributed by atoms with Crippen LogP contribution in [0.5, 0.6) is 5.75 Å². The highest BCUT2D eigenvalue weighted by Crippen LogP contribution is 2.18. The molecule has 0 saturated heterocycles. The van der Waals surface area contributed by atoms with Crippen molar-refractivity contribution in [2.45, 2.75) is 26.4 Å². The maximum Gasteiger partial charge on any atom is 0.118 e. The first-order chi connectivity index (χ1) is 9.20. The number of methoxy groups -OCH3 is 1. The van der Waals surface area contributed by atoms with Crippen LogP contribution < -0.4 is 10.1 Å². The van der Waals surface area contributed by atoms with Gasteiger partial charge in [-0.2, -0.15) is 0 Å². The zero-order valence-corrected chi connectivity index (χ0v) is 11.7. The first-order valence-electron chi connectivity index (χ1n) is 6.47. The second kappa shape index (κ2) is 6.34. The lowest BCUT2D eigenvalue weighted by Gasteiger charge is -2.15. The van der Waals surface area contributed by atoms with Crippen LogP contribution in [0.15, 0.2) is 42.7 Å². The summed E-state index contributed by atoms with van der Waals surface area (Å²) in [5.41, 5.74) is 3.76. The van der Waals surface area contributed by atoms with Crippen molar-refractivity contribution in [3.8, 4) is 5.75 Å². The Morgan fingerprint density at radius 2 is 1.95 bits per heavy atom. The number of nitrogens with zero attached hydrogens (tertiary/aromatic N) is 1. The molecule has 3 nitrogen and oxygen atoms in total. The van der Waals surface area contributed by atoms with E-state index in [1.165, 1.54) is 16.7 Å². The van der Waals surface area contributed by atoms with E-state index in [0.717, 1.165) is 12.3 Å². The molecule has 0 aliphatic rings. The van der Waals surface area contributed by atoms with E-state index in [1.807, 2.05) is 30.6 Å². The van der Waals surface area contributed by atoms with Crippen molar-refractivity contribution in [2.75, 3.05) is 7.11 Å². The van der Waals surface area contributed by atoms with E-state index in [1.54, 1.807) is 7.11 Å². The number of pyridine rings is 1. The molecule has 3 heteroatoms. The molecule has 0 unspecified atom stereocenters. The zero-order valence-electron chi connectivity index (χ0n) is 11.7. The van der Waals surface area contributed by atoms with Crippen LogP contribution in [-0.4, -0.2) is 12.1 Å². The molecule has 0 bridgehead atoms. The van der Waals surface area contributed by atoms with E-state index in [9.17, 15) is 0 Å². The molecule has 19 heavy (non-hydrogen) atoms. The van der Waals surface area contributed by atoms with Gasteiger partial charge in [0.15, 0.2) is 0 Å². The minimum absolute atomic E-state index is 0.297. The number of aromatic nitrogens is 1. The molecule has 0 spiro atoms.